The molecule has 1 saturated carbocycles. The normalized spacial score (nSPS) is 27.7. The Morgan fingerprint density at radius 2 is 1.91 bits per heavy atom. The van der Waals surface area contributed by atoms with Crippen molar-refractivity contribution in [2.24, 2.45) is 11.3 Å². The van der Waals surface area contributed by atoms with E-state index in [9.17, 15) is 14.9 Å². The first-order valence-electron chi connectivity index (χ1n) is 12.3. The molecule has 1 aliphatic carbocycles. The number of anilines is 3. The number of carbonyl (C=O) groups excluding carboxylic acids is 2. The molecule has 180 valence electrons. The van der Waals surface area contributed by atoms with Gasteiger partial charge in [0.1, 0.15) is 17.1 Å². The van der Waals surface area contributed by atoms with Crippen molar-refractivity contribution in [3.8, 4) is 6.07 Å². The number of morpholine rings is 1. The van der Waals surface area contributed by atoms with Crippen LogP contribution < -0.4 is 10.2 Å². The minimum absolute atomic E-state index is 0.0154. The van der Waals surface area contributed by atoms with Crippen molar-refractivity contribution >= 4 is 29.1 Å². The lowest BCUT2D eigenvalue weighted by Gasteiger charge is -2.35. The van der Waals surface area contributed by atoms with E-state index in [0.29, 0.717) is 43.4 Å². The molecule has 1 N–H and O–H groups in total. The van der Waals surface area contributed by atoms with E-state index in [1.165, 1.54) is 0 Å². The Morgan fingerprint density at radius 1 is 1.17 bits per heavy atom. The maximum absolute atomic E-state index is 13.2. The predicted octanol–water partition coefficient (Wildman–Crippen LogP) is 3.19. The number of fused-ring (bicyclic) bond motifs is 2. The Hall–Kier alpha value is -3.51. The number of aromatic nitrogens is 2. The third-order valence-corrected chi connectivity index (χ3v) is 7.96. The van der Waals surface area contributed by atoms with Crippen LogP contribution in [0.2, 0.25) is 0 Å². The largest absolute Gasteiger partial charge is 0.377 e. The molecule has 5 heterocycles. The molecular weight excluding hydrogens is 444 g/mol. The van der Waals surface area contributed by atoms with Crippen LogP contribution >= 0.6 is 0 Å². The van der Waals surface area contributed by atoms with Crippen LogP contribution in [-0.2, 0) is 9.53 Å². The summed E-state index contributed by atoms with van der Waals surface area (Å²) in [5.41, 5.74) is 1.29. The molecule has 2 aromatic rings. The number of aryl methyl sites for hydroxylation is 1. The van der Waals surface area contributed by atoms with E-state index < -0.39 is 5.41 Å². The van der Waals surface area contributed by atoms with E-state index in [-0.39, 0.29) is 29.8 Å². The van der Waals surface area contributed by atoms with Crippen LogP contribution in [0.3, 0.4) is 0 Å². The number of nitriles is 1. The number of rotatable bonds is 5. The third kappa shape index (κ3) is 3.64. The van der Waals surface area contributed by atoms with Crippen molar-refractivity contribution in [3.05, 3.63) is 41.7 Å². The monoisotopic (exact) mass is 472 g/mol. The molecule has 2 aromatic heterocycles. The first-order valence-corrected chi connectivity index (χ1v) is 12.3. The second-order valence-electron chi connectivity index (χ2n) is 10.1. The van der Waals surface area contributed by atoms with Crippen LogP contribution in [0.5, 0.6) is 0 Å². The number of amides is 2. The van der Waals surface area contributed by atoms with E-state index in [4.69, 9.17) is 4.74 Å². The number of ether oxygens (including phenoxy) is 1. The fourth-order valence-corrected chi connectivity index (χ4v) is 5.87. The zero-order chi connectivity index (χ0) is 24.2. The Morgan fingerprint density at radius 3 is 2.60 bits per heavy atom. The molecule has 9 nitrogen and oxygen atoms in total. The molecule has 3 saturated heterocycles. The van der Waals surface area contributed by atoms with E-state index in [0.717, 1.165) is 36.9 Å². The number of pyridine rings is 2. The molecule has 4 fully saturated rings. The van der Waals surface area contributed by atoms with Crippen molar-refractivity contribution in [2.75, 3.05) is 30.0 Å². The predicted molar refractivity (Wildman–Crippen MR) is 128 cm³/mol. The minimum atomic E-state index is -0.877. The van der Waals surface area contributed by atoms with Gasteiger partial charge in [0.15, 0.2) is 0 Å². The standard InChI is InChI=1S/C26H28N6O3/c1-16-10-22(29-12-21(16)24(33)32-19-4-5-20(32)14-35-13-19)30-23-11-18(6-8-28-23)31-9-7-26(15-27,25(31)34)17-2-3-17/h6,8,10-12,17,19-20H,2-5,7,9,13-14H2,1H3,(H,28,29,30)/t19?,20?,26-/m1/s1. The molecule has 0 aromatic carbocycles. The SMILES string of the molecule is Cc1cc(Nc2cc(N3CC[C@@](C#N)(C4CC4)C3=O)ccn2)ncc1C(=O)N1C2CCC1COC2. The van der Waals surface area contributed by atoms with Crippen molar-refractivity contribution in [2.45, 2.75) is 51.1 Å². The zero-order valence-electron chi connectivity index (χ0n) is 19.7. The summed E-state index contributed by atoms with van der Waals surface area (Å²) in [5.74, 6) is 1.22. The Kier molecular flexibility index (Phi) is 5.22. The molecule has 0 spiro atoms. The van der Waals surface area contributed by atoms with Crippen LogP contribution in [0, 0.1) is 29.6 Å². The molecule has 35 heavy (non-hydrogen) atoms. The number of hydrogen-bond donors (Lipinski definition) is 1. The van der Waals surface area contributed by atoms with Crippen LogP contribution in [-0.4, -0.2) is 58.5 Å². The van der Waals surface area contributed by atoms with E-state index in [1.54, 1.807) is 29.4 Å². The first-order chi connectivity index (χ1) is 17.0. The molecule has 0 radical (unpaired) electrons. The van der Waals surface area contributed by atoms with Crippen molar-refractivity contribution in [1.82, 2.24) is 14.9 Å². The number of hydrogen-bond acceptors (Lipinski definition) is 7. The van der Waals surface area contributed by atoms with Gasteiger partial charge in [-0.05, 0) is 62.6 Å². The summed E-state index contributed by atoms with van der Waals surface area (Å²) in [4.78, 5) is 38.9. The highest BCUT2D eigenvalue weighted by molar-refractivity contribution is 6.02. The second-order valence-corrected chi connectivity index (χ2v) is 10.1. The molecule has 9 heteroatoms. The smallest absolute Gasteiger partial charge is 0.256 e. The van der Waals surface area contributed by atoms with Gasteiger partial charge in [-0.1, -0.05) is 0 Å². The van der Waals surface area contributed by atoms with Gasteiger partial charge in [0, 0.05) is 30.7 Å². The van der Waals surface area contributed by atoms with Crippen molar-refractivity contribution in [1.29, 1.82) is 5.26 Å². The van der Waals surface area contributed by atoms with Gasteiger partial charge in [-0.15, -0.1) is 0 Å². The molecule has 2 amide bonds. The molecule has 4 aliphatic rings. The van der Waals surface area contributed by atoms with Crippen LogP contribution in [0.1, 0.15) is 48.0 Å². The highest BCUT2D eigenvalue weighted by Crippen LogP contribution is 2.52. The second kappa shape index (κ2) is 8.31. The van der Waals surface area contributed by atoms with Gasteiger partial charge >= 0.3 is 0 Å². The number of nitrogens with zero attached hydrogens (tertiary/aromatic N) is 5. The van der Waals surface area contributed by atoms with Gasteiger partial charge < -0.3 is 19.9 Å². The summed E-state index contributed by atoms with van der Waals surface area (Å²) in [6.45, 7) is 3.65. The van der Waals surface area contributed by atoms with E-state index in [1.807, 2.05) is 17.9 Å². The molecule has 6 rings (SSSR count). The lowest BCUT2D eigenvalue weighted by Crippen LogP contribution is -2.49. The van der Waals surface area contributed by atoms with Gasteiger partial charge in [0.2, 0.25) is 5.91 Å². The summed E-state index contributed by atoms with van der Waals surface area (Å²) in [6.07, 6.45) is 7.71. The lowest BCUT2D eigenvalue weighted by atomic mass is 9.83. The molecule has 2 unspecified atom stereocenters. The Bertz CT molecular complexity index is 1220. The fourth-order valence-electron chi connectivity index (χ4n) is 5.87. The lowest BCUT2D eigenvalue weighted by molar-refractivity contribution is -0.123. The summed E-state index contributed by atoms with van der Waals surface area (Å²) in [5, 5.41) is 12.9. The highest BCUT2D eigenvalue weighted by Gasteiger charge is 2.56. The van der Waals surface area contributed by atoms with Gasteiger partial charge in [0.05, 0.1) is 36.9 Å². The van der Waals surface area contributed by atoms with Crippen molar-refractivity contribution in [3.63, 3.8) is 0 Å². The van der Waals surface area contributed by atoms with E-state index in [2.05, 4.69) is 21.4 Å². The zero-order valence-corrected chi connectivity index (χ0v) is 19.7. The third-order valence-electron chi connectivity index (χ3n) is 7.96. The first kappa shape index (κ1) is 22.0. The highest BCUT2D eigenvalue weighted by atomic mass is 16.5. The maximum atomic E-state index is 13.2. The van der Waals surface area contributed by atoms with E-state index >= 15 is 0 Å². The summed E-state index contributed by atoms with van der Waals surface area (Å²) in [7, 11) is 0. The average molecular weight is 473 g/mol. The summed E-state index contributed by atoms with van der Waals surface area (Å²) in [6, 6.07) is 8.07. The number of nitrogens with one attached hydrogen (secondary N) is 1. The Balaban J connectivity index is 1.18. The average Bonchev–Trinajstić information content (AvgIpc) is 3.61. The van der Waals surface area contributed by atoms with Gasteiger partial charge in [-0.25, -0.2) is 9.97 Å². The van der Waals surface area contributed by atoms with Gasteiger partial charge in [0.25, 0.3) is 5.91 Å². The summed E-state index contributed by atoms with van der Waals surface area (Å²) < 4.78 is 5.61. The van der Waals surface area contributed by atoms with Crippen molar-refractivity contribution < 1.29 is 14.3 Å². The Labute approximate surface area is 204 Å². The topological polar surface area (TPSA) is 111 Å². The van der Waals surface area contributed by atoms with Gasteiger partial charge in [-0.2, -0.15) is 5.26 Å². The quantitative estimate of drug-likeness (QED) is 0.711. The van der Waals surface area contributed by atoms with Crippen LogP contribution in [0.4, 0.5) is 17.3 Å². The number of carbonyl (C=O) groups is 2. The summed E-state index contributed by atoms with van der Waals surface area (Å²) >= 11 is 0. The minimum Gasteiger partial charge on any atom is -0.377 e. The molecule has 3 atom stereocenters. The molecule has 3 aliphatic heterocycles. The fraction of sp³-hybridized carbons (Fsp3) is 0.500. The molecular formula is C26H28N6O3. The van der Waals surface area contributed by atoms with Crippen LogP contribution in [0.15, 0.2) is 30.6 Å². The maximum Gasteiger partial charge on any atom is 0.256 e. The van der Waals surface area contributed by atoms with Gasteiger partial charge in [-0.3, -0.25) is 9.59 Å². The van der Waals surface area contributed by atoms with Crippen LogP contribution in [0.25, 0.3) is 0 Å². The molecule has 2 bridgehead atoms.